The second-order valence-corrected chi connectivity index (χ2v) is 9.96. The van der Waals surface area contributed by atoms with E-state index in [9.17, 15) is 14.7 Å². The van der Waals surface area contributed by atoms with Gasteiger partial charge >= 0.3 is 5.97 Å². The van der Waals surface area contributed by atoms with E-state index in [0.717, 1.165) is 29.4 Å². The van der Waals surface area contributed by atoms with Gasteiger partial charge in [-0.2, -0.15) is 4.98 Å². The molecule has 1 fully saturated rings. The van der Waals surface area contributed by atoms with Crippen LogP contribution in [-0.4, -0.2) is 80.0 Å². The molecule has 2 aromatic heterocycles. The zero-order chi connectivity index (χ0) is 29.1. The third-order valence-electron chi connectivity index (χ3n) is 7.14. The molecule has 4 heterocycles. The molecule has 0 aliphatic carbocycles. The number of benzene rings is 1. The summed E-state index contributed by atoms with van der Waals surface area (Å²) < 4.78 is 6.81. The summed E-state index contributed by atoms with van der Waals surface area (Å²) in [6.45, 7) is 4.26. The zero-order valence-electron chi connectivity index (χ0n) is 23.1. The van der Waals surface area contributed by atoms with Crippen molar-refractivity contribution in [2.75, 3.05) is 36.0 Å². The number of anilines is 2. The first-order valence-electron chi connectivity index (χ1n) is 13.4. The molecule has 0 radical (unpaired) electrons. The monoisotopic (exact) mass is 556 g/mol. The van der Waals surface area contributed by atoms with E-state index >= 15 is 0 Å². The fourth-order valence-corrected chi connectivity index (χ4v) is 5.23. The lowest BCUT2D eigenvalue weighted by atomic mass is 10.1. The Morgan fingerprint density at radius 2 is 2.05 bits per heavy atom. The van der Waals surface area contributed by atoms with Crippen LogP contribution in [0.25, 0.3) is 10.9 Å². The van der Waals surface area contributed by atoms with Crippen LogP contribution in [0, 0.1) is 31.1 Å². The van der Waals surface area contributed by atoms with Gasteiger partial charge in [0.1, 0.15) is 12.4 Å². The topological polar surface area (TPSA) is 143 Å². The summed E-state index contributed by atoms with van der Waals surface area (Å²) >= 11 is 0. The first-order chi connectivity index (χ1) is 19.8. The predicted molar refractivity (Wildman–Crippen MR) is 152 cm³/mol. The number of carbonyl (C=O) groups excluding carboxylic acids is 2. The standard InChI is InChI=1S/C29H32N8O4/c1-4-6-14-35-25-26(33-28(35)34-13-9-10-20(30)16-34)36(18-24(38)41-15-5-2)29(40)37(27(25)39)17-23-31-19(3)21-11-7-8-12-22(21)32-23/h2,7-8,11-12,20,29,40H,9-10,13-18,30H2,1,3H3. The molecule has 2 unspecified atom stereocenters. The average Bonchev–Trinajstić information content (AvgIpc) is 3.35. The lowest BCUT2D eigenvalue weighted by Gasteiger charge is -2.39. The molecule has 2 aliphatic rings. The van der Waals surface area contributed by atoms with Gasteiger partial charge in [0.15, 0.2) is 18.1 Å². The number of aryl methyl sites for hydroxylation is 1. The fraction of sp³-hybridized carbons (Fsp3) is 0.414. The summed E-state index contributed by atoms with van der Waals surface area (Å²) in [7, 11) is 0. The minimum Gasteiger partial charge on any atom is -0.451 e. The maximum absolute atomic E-state index is 14.1. The van der Waals surface area contributed by atoms with Crippen LogP contribution < -0.4 is 15.5 Å². The molecule has 3 aromatic rings. The quantitative estimate of drug-likeness (QED) is 0.320. The molecule has 3 N–H and O–H groups in total. The molecule has 212 valence electrons. The molecule has 12 heteroatoms. The highest BCUT2D eigenvalue weighted by Crippen LogP contribution is 2.35. The van der Waals surface area contributed by atoms with E-state index in [1.54, 1.807) is 11.5 Å². The minimum absolute atomic E-state index is 0.0517. The Balaban J connectivity index is 1.60. The molecule has 12 nitrogen and oxygen atoms in total. The molecule has 1 amide bonds. The normalized spacial score (nSPS) is 18.5. The number of carbonyl (C=O) groups is 2. The summed E-state index contributed by atoms with van der Waals surface area (Å²) in [4.78, 5) is 45.4. The number of hydrogen-bond donors (Lipinski definition) is 2. The second kappa shape index (κ2) is 11.8. The summed E-state index contributed by atoms with van der Waals surface area (Å²) in [5.74, 6) is 7.98. The van der Waals surface area contributed by atoms with Gasteiger partial charge in [-0.25, -0.2) is 9.97 Å². The number of fused-ring (bicyclic) bond motifs is 2. The maximum Gasteiger partial charge on any atom is 0.326 e. The number of piperidine rings is 1. The van der Waals surface area contributed by atoms with E-state index in [1.807, 2.05) is 36.1 Å². The number of aliphatic hydroxyl groups excluding tert-OH is 1. The number of rotatable bonds is 7. The van der Waals surface area contributed by atoms with Crippen molar-refractivity contribution in [1.29, 1.82) is 0 Å². The van der Waals surface area contributed by atoms with Crippen molar-refractivity contribution < 1.29 is 19.4 Å². The zero-order valence-corrected chi connectivity index (χ0v) is 23.1. The van der Waals surface area contributed by atoms with Crippen LogP contribution in [0.4, 0.5) is 11.8 Å². The average molecular weight is 557 g/mol. The number of imidazole rings is 1. The minimum atomic E-state index is -1.55. The number of para-hydroxylation sites is 1. The van der Waals surface area contributed by atoms with Gasteiger partial charge < -0.3 is 25.4 Å². The smallest absolute Gasteiger partial charge is 0.326 e. The van der Waals surface area contributed by atoms with E-state index in [-0.39, 0.29) is 37.3 Å². The number of amides is 1. The SMILES string of the molecule is C#CCOC(=O)CN1c2nc(N3CCCC(N)C3)n(CC#CC)c2C(=O)N(Cc2nc(C)c3ccccc3n2)C1O. The van der Waals surface area contributed by atoms with Crippen molar-refractivity contribution >= 4 is 34.5 Å². The molecule has 2 aliphatic heterocycles. The molecule has 0 saturated carbocycles. The van der Waals surface area contributed by atoms with Gasteiger partial charge in [0.2, 0.25) is 12.3 Å². The Bertz CT molecular complexity index is 1580. The van der Waals surface area contributed by atoms with Crippen LogP contribution in [0.5, 0.6) is 0 Å². The Labute approximate surface area is 238 Å². The molecule has 1 saturated heterocycles. The highest BCUT2D eigenvalue weighted by atomic mass is 16.5. The van der Waals surface area contributed by atoms with E-state index in [4.69, 9.17) is 21.9 Å². The van der Waals surface area contributed by atoms with Crippen LogP contribution in [-0.2, 0) is 22.6 Å². The first kappa shape index (κ1) is 27.9. The number of ether oxygens (including phenoxy) is 1. The highest BCUT2D eigenvalue weighted by Gasteiger charge is 2.43. The number of hydrogen-bond acceptors (Lipinski definition) is 10. The molecule has 1 aromatic carbocycles. The third kappa shape index (κ3) is 5.53. The third-order valence-corrected chi connectivity index (χ3v) is 7.14. The number of terminal acetylenes is 1. The first-order valence-corrected chi connectivity index (χ1v) is 13.4. The van der Waals surface area contributed by atoms with Crippen LogP contribution >= 0.6 is 0 Å². The lowest BCUT2D eigenvalue weighted by molar-refractivity contribution is -0.141. The van der Waals surface area contributed by atoms with Crippen LogP contribution in [0.1, 0.15) is 41.8 Å². The van der Waals surface area contributed by atoms with Gasteiger partial charge in [-0.15, -0.1) is 12.3 Å². The van der Waals surface area contributed by atoms with E-state index in [0.29, 0.717) is 24.9 Å². The van der Waals surface area contributed by atoms with Crippen molar-refractivity contribution in [3.63, 3.8) is 0 Å². The highest BCUT2D eigenvalue weighted by molar-refractivity contribution is 6.01. The van der Waals surface area contributed by atoms with Crippen molar-refractivity contribution in [1.82, 2.24) is 24.4 Å². The van der Waals surface area contributed by atoms with Gasteiger partial charge in [0.25, 0.3) is 5.91 Å². The van der Waals surface area contributed by atoms with Crippen molar-refractivity contribution in [3.8, 4) is 24.2 Å². The van der Waals surface area contributed by atoms with Crippen LogP contribution in [0.3, 0.4) is 0 Å². The molecular formula is C29H32N8O4. The van der Waals surface area contributed by atoms with E-state index in [2.05, 4.69) is 27.7 Å². The summed E-state index contributed by atoms with van der Waals surface area (Å²) in [6.07, 6.45) is 5.45. The second-order valence-electron chi connectivity index (χ2n) is 9.96. The number of nitrogens with two attached hydrogens (primary N) is 1. The molecule has 0 spiro atoms. The van der Waals surface area contributed by atoms with Gasteiger partial charge in [-0.05, 0) is 32.8 Å². The Kier molecular flexibility index (Phi) is 8.06. The number of nitrogens with zero attached hydrogens (tertiary/aromatic N) is 7. The van der Waals surface area contributed by atoms with Crippen molar-refractivity contribution in [2.45, 2.75) is 52.2 Å². The number of esters is 1. The van der Waals surface area contributed by atoms with E-state index < -0.39 is 24.8 Å². The summed E-state index contributed by atoms with van der Waals surface area (Å²) in [6, 6.07) is 7.51. The maximum atomic E-state index is 14.1. The van der Waals surface area contributed by atoms with Gasteiger partial charge in [-0.1, -0.05) is 30.0 Å². The molecule has 5 rings (SSSR count). The Morgan fingerprint density at radius 3 is 2.80 bits per heavy atom. The lowest BCUT2D eigenvalue weighted by Crippen LogP contribution is -2.57. The largest absolute Gasteiger partial charge is 0.451 e. The van der Waals surface area contributed by atoms with Gasteiger partial charge in [0, 0.05) is 30.2 Å². The summed E-state index contributed by atoms with van der Waals surface area (Å²) in [5, 5.41) is 12.4. The number of aliphatic hydroxyl groups is 1. The predicted octanol–water partition coefficient (Wildman–Crippen LogP) is 1.00. The molecule has 41 heavy (non-hydrogen) atoms. The van der Waals surface area contributed by atoms with Gasteiger partial charge in [0.05, 0.1) is 18.6 Å². The summed E-state index contributed by atoms with van der Waals surface area (Å²) in [5.41, 5.74) is 7.91. The van der Waals surface area contributed by atoms with E-state index in [1.165, 1.54) is 9.80 Å². The fourth-order valence-electron chi connectivity index (χ4n) is 5.23. The van der Waals surface area contributed by atoms with Crippen LogP contribution in [0.15, 0.2) is 24.3 Å². The molecule has 0 bridgehead atoms. The molecule has 2 atom stereocenters. The number of aromatic nitrogens is 4. The van der Waals surface area contributed by atoms with Crippen molar-refractivity contribution in [2.24, 2.45) is 5.73 Å². The van der Waals surface area contributed by atoms with Crippen molar-refractivity contribution in [3.05, 3.63) is 41.5 Å². The Morgan fingerprint density at radius 1 is 1.24 bits per heavy atom. The van der Waals surface area contributed by atoms with Gasteiger partial charge in [-0.3, -0.25) is 19.1 Å². The Hall–Kier alpha value is -4.65. The van der Waals surface area contributed by atoms with Crippen LogP contribution in [0.2, 0.25) is 0 Å². The molecular weight excluding hydrogens is 524 g/mol.